The predicted molar refractivity (Wildman–Crippen MR) is 83.0 cm³/mol. The number of aryl methyl sites for hydroxylation is 1. The van der Waals surface area contributed by atoms with E-state index in [1.807, 2.05) is 7.05 Å². The zero-order valence-electron chi connectivity index (χ0n) is 11.8. The fraction of sp³-hybridized carbons (Fsp3) is 0.294. The van der Waals surface area contributed by atoms with Crippen LogP contribution >= 0.6 is 11.6 Å². The Hall–Kier alpha value is -1.38. The van der Waals surface area contributed by atoms with E-state index in [2.05, 4.69) is 36.5 Å². The second kappa shape index (κ2) is 6.87. The van der Waals surface area contributed by atoms with Crippen molar-refractivity contribution in [1.29, 1.82) is 0 Å². The molecule has 0 spiro atoms. The molecule has 1 nitrogen and oxygen atoms in total. The average molecular weight is 292 g/mol. The Morgan fingerprint density at radius 2 is 1.85 bits per heavy atom. The summed E-state index contributed by atoms with van der Waals surface area (Å²) >= 11 is 5.80. The highest BCUT2D eigenvalue weighted by atomic mass is 35.5. The zero-order valence-corrected chi connectivity index (χ0v) is 12.5. The molecule has 0 aliphatic heterocycles. The average Bonchev–Trinajstić information content (AvgIpc) is 2.42. The van der Waals surface area contributed by atoms with Gasteiger partial charge in [-0.05, 0) is 43.7 Å². The van der Waals surface area contributed by atoms with Crippen LogP contribution in [0, 0.1) is 12.7 Å². The van der Waals surface area contributed by atoms with Crippen molar-refractivity contribution in [3.05, 3.63) is 70.0 Å². The lowest BCUT2D eigenvalue weighted by Gasteiger charge is -2.18. The van der Waals surface area contributed by atoms with Crippen molar-refractivity contribution in [2.24, 2.45) is 0 Å². The van der Waals surface area contributed by atoms with Crippen molar-refractivity contribution in [3.63, 3.8) is 0 Å². The van der Waals surface area contributed by atoms with E-state index in [0.29, 0.717) is 17.0 Å². The predicted octanol–water partition coefficient (Wildman–Crippen LogP) is 4.33. The smallest absolute Gasteiger partial charge is 0.127 e. The van der Waals surface area contributed by atoms with Crippen LogP contribution in [0.15, 0.2) is 42.5 Å². The van der Waals surface area contributed by atoms with Crippen LogP contribution in [0.3, 0.4) is 0 Å². The standard InChI is InChI=1S/C17H19ClFN/c1-12-3-5-13(6-4-12)15(11-20-2)9-14-7-8-16(18)10-17(14)19/h3-8,10,15,20H,9,11H2,1-2H3. The van der Waals surface area contributed by atoms with Gasteiger partial charge < -0.3 is 5.32 Å². The van der Waals surface area contributed by atoms with Gasteiger partial charge in [-0.2, -0.15) is 0 Å². The molecule has 1 unspecified atom stereocenters. The normalized spacial score (nSPS) is 12.4. The molecule has 1 atom stereocenters. The van der Waals surface area contributed by atoms with Crippen molar-refractivity contribution >= 4 is 11.6 Å². The fourth-order valence-electron chi connectivity index (χ4n) is 2.35. The summed E-state index contributed by atoms with van der Waals surface area (Å²) in [5.41, 5.74) is 3.16. The molecule has 106 valence electrons. The van der Waals surface area contributed by atoms with Gasteiger partial charge in [-0.15, -0.1) is 0 Å². The summed E-state index contributed by atoms with van der Waals surface area (Å²) in [6, 6.07) is 13.3. The van der Waals surface area contributed by atoms with Gasteiger partial charge in [-0.3, -0.25) is 0 Å². The van der Waals surface area contributed by atoms with E-state index in [4.69, 9.17) is 11.6 Å². The van der Waals surface area contributed by atoms with Crippen LogP contribution in [0.5, 0.6) is 0 Å². The van der Waals surface area contributed by atoms with E-state index >= 15 is 0 Å². The van der Waals surface area contributed by atoms with Crippen molar-refractivity contribution < 1.29 is 4.39 Å². The summed E-state index contributed by atoms with van der Waals surface area (Å²) in [6.07, 6.45) is 0.660. The van der Waals surface area contributed by atoms with E-state index in [0.717, 1.165) is 6.54 Å². The lowest BCUT2D eigenvalue weighted by molar-refractivity contribution is 0.574. The molecule has 2 aromatic carbocycles. The number of likely N-dealkylation sites (N-methyl/N-ethyl adjacent to an activating group) is 1. The summed E-state index contributed by atoms with van der Waals surface area (Å²) in [5, 5.41) is 3.62. The van der Waals surface area contributed by atoms with Gasteiger partial charge in [0.1, 0.15) is 5.82 Å². The largest absolute Gasteiger partial charge is 0.319 e. The van der Waals surface area contributed by atoms with Crippen molar-refractivity contribution in [3.8, 4) is 0 Å². The van der Waals surface area contributed by atoms with Crippen LogP contribution in [0.4, 0.5) is 4.39 Å². The van der Waals surface area contributed by atoms with E-state index in [-0.39, 0.29) is 11.7 Å². The molecule has 0 bridgehead atoms. The Morgan fingerprint density at radius 3 is 2.45 bits per heavy atom. The van der Waals surface area contributed by atoms with E-state index in [9.17, 15) is 4.39 Å². The third kappa shape index (κ3) is 3.81. The van der Waals surface area contributed by atoms with Gasteiger partial charge in [0, 0.05) is 17.5 Å². The molecule has 0 saturated heterocycles. The molecular formula is C17H19ClFN. The van der Waals surface area contributed by atoms with Gasteiger partial charge in [-0.25, -0.2) is 4.39 Å². The first-order chi connectivity index (χ1) is 9.60. The molecule has 0 radical (unpaired) electrons. The maximum atomic E-state index is 13.9. The summed E-state index contributed by atoms with van der Waals surface area (Å²) in [7, 11) is 1.92. The second-order valence-corrected chi connectivity index (χ2v) is 5.54. The summed E-state index contributed by atoms with van der Waals surface area (Å²) in [4.78, 5) is 0. The quantitative estimate of drug-likeness (QED) is 0.864. The first-order valence-electron chi connectivity index (χ1n) is 6.75. The Morgan fingerprint density at radius 1 is 1.15 bits per heavy atom. The maximum Gasteiger partial charge on any atom is 0.127 e. The minimum absolute atomic E-state index is 0.231. The van der Waals surface area contributed by atoms with Crippen LogP contribution in [0.25, 0.3) is 0 Å². The topological polar surface area (TPSA) is 12.0 Å². The van der Waals surface area contributed by atoms with Gasteiger partial charge in [0.15, 0.2) is 0 Å². The Labute approximate surface area is 124 Å². The number of hydrogen-bond donors (Lipinski definition) is 1. The van der Waals surface area contributed by atoms with E-state index in [1.54, 1.807) is 12.1 Å². The summed E-state index contributed by atoms with van der Waals surface area (Å²) in [5.74, 6) is 0.0157. The minimum Gasteiger partial charge on any atom is -0.319 e. The van der Waals surface area contributed by atoms with Gasteiger partial charge in [0.2, 0.25) is 0 Å². The molecule has 3 heteroatoms. The molecule has 0 saturated carbocycles. The van der Waals surface area contributed by atoms with Crippen LogP contribution in [0.2, 0.25) is 5.02 Å². The molecule has 2 rings (SSSR count). The molecule has 0 amide bonds. The number of hydrogen-bond acceptors (Lipinski definition) is 1. The van der Waals surface area contributed by atoms with Crippen LogP contribution in [-0.4, -0.2) is 13.6 Å². The van der Waals surface area contributed by atoms with Crippen molar-refractivity contribution in [2.75, 3.05) is 13.6 Å². The van der Waals surface area contributed by atoms with E-state index < -0.39 is 0 Å². The Kier molecular flexibility index (Phi) is 5.16. The summed E-state index contributed by atoms with van der Waals surface area (Å²) < 4.78 is 13.9. The molecule has 0 aromatic heterocycles. The summed E-state index contributed by atoms with van der Waals surface area (Å²) in [6.45, 7) is 2.88. The van der Waals surface area contributed by atoms with Crippen LogP contribution < -0.4 is 5.32 Å². The molecular weight excluding hydrogens is 273 g/mol. The number of rotatable bonds is 5. The SMILES string of the molecule is CNCC(Cc1ccc(Cl)cc1F)c1ccc(C)cc1. The lowest BCUT2D eigenvalue weighted by Crippen LogP contribution is -2.19. The van der Waals surface area contributed by atoms with Crippen LogP contribution in [-0.2, 0) is 6.42 Å². The lowest BCUT2D eigenvalue weighted by atomic mass is 9.91. The maximum absolute atomic E-state index is 13.9. The molecule has 1 N–H and O–H groups in total. The number of benzene rings is 2. The van der Waals surface area contributed by atoms with Crippen molar-refractivity contribution in [2.45, 2.75) is 19.3 Å². The first-order valence-corrected chi connectivity index (χ1v) is 7.13. The van der Waals surface area contributed by atoms with Gasteiger partial charge in [-0.1, -0.05) is 47.5 Å². The second-order valence-electron chi connectivity index (χ2n) is 5.11. The zero-order chi connectivity index (χ0) is 14.5. The first kappa shape index (κ1) is 15.0. The minimum atomic E-state index is -0.231. The molecule has 2 aromatic rings. The van der Waals surface area contributed by atoms with Gasteiger partial charge in [0.25, 0.3) is 0 Å². The number of nitrogens with one attached hydrogen (secondary N) is 1. The third-order valence-electron chi connectivity index (χ3n) is 3.48. The fourth-order valence-corrected chi connectivity index (χ4v) is 2.50. The Balaban J connectivity index is 2.22. The van der Waals surface area contributed by atoms with Crippen LogP contribution in [0.1, 0.15) is 22.6 Å². The highest BCUT2D eigenvalue weighted by Gasteiger charge is 2.14. The highest BCUT2D eigenvalue weighted by molar-refractivity contribution is 6.30. The third-order valence-corrected chi connectivity index (χ3v) is 3.72. The molecule has 20 heavy (non-hydrogen) atoms. The molecule has 0 fully saturated rings. The Bertz CT molecular complexity index is 566. The van der Waals surface area contributed by atoms with Crippen molar-refractivity contribution in [1.82, 2.24) is 5.32 Å². The molecule has 0 heterocycles. The van der Waals surface area contributed by atoms with Gasteiger partial charge in [0.05, 0.1) is 0 Å². The van der Waals surface area contributed by atoms with Gasteiger partial charge >= 0.3 is 0 Å². The number of halogens is 2. The van der Waals surface area contributed by atoms with E-state index in [1.165, 1.54) is 17.2 Å². The molecule has 0 aliphatic rings. The molecule has 0 aliphatic carbocycles. The monoisotopic (exact) mass is 291 g/mol. The highest BCUT2D eigenvalue weighted by Crippen LogP contribution is 2.24.